The number of benzene rings is 1. The molecule has 2 aromatic rings. The van der Waals surface area contributed by atoms with Gasteiger partial charge in [0.05, 0.1) is 5.52 Å². The van der Waals surface area contributed by atoms with Gasteiger partial charge in [0.25, 0.3) is 0 Å². The Bertz CT molecular complexity index is 564. The molecule has 0 saturated carbocycles. The molecule has 1 aliphatic heterocycles. The molecular weight excluding hydrogens is 260 g/mol. The minimum absolute atomic E-state index is 0.248. The average molecular weight is 277 g/mol. The second-order valence-electron chi connectivity index (χ2n) is 5.10. The van der Waals surface area contributed by atoms with E-state index >= 15 is 0 Å². The first-order valence-electron chi connectivity index (χ1n) is 6.72. The average Bonchev–Trinajstić information content (AvgIpc) is 2.47. The molecule has 1 unspecified atom stereocenters. The van der Waals surface area contributed by atoms with Gasteiger partial charge in [0.15, 0.2) is 0 Å². The highest BCUT2D eigenvalue weighted by atomic mass is 35.5. The number of hydrogen-bond donors (Lipinski definition) is 0. The fraction of sp³-hybridized carbons (Fsp3) is 0.500. The zero-order chi connectivity index (χ0) is 13.2. The van der Waals surface area contributed by atoms with Crippen LogP contribution < -0.4 is 4.90 Å². The molecule has 1 saturated heterocycles. The number of rotatable bonds is 2. The van der Waals surface area contributed by atoms with E-state index in [0.717, 1.165) is 42.9 Å². The maximum absolute atomic E-state index is 6.17. The number of hydrogen-bond acceptors (Lipinski definition) is 4. The van der Waals surface area contributed by atoms with Crippen molar-refractivity contribution in [2.45, 2.75) is 25.1 Å². The van der Waals surface area contributed by atoms with Crippen LogP contribution in [0.5, 0.6) is 0 Å². The summed E-state index contributed by atoms with van der Waals surface area (Å²) in [7, 11) is 0. The molecule has 1 atom stereocenters. The quantitative estimate of drug-likeness (QED) is 0.791. The summed E-state index contributed by atoms with van der Waals surface area (Å²) in [4.78, 5) is 6.79. The van der Waals surface area contributed by atoms with Crippen LogP contribution in [0.1, 0.15) is 19.8 Å². The SMILES string of the molecule is CC(Cl)C1CCN(c2nnc3ccccc3n2)CC1. The van der Waals surface area contributed by atoms with Crippen LogP contribution in [0.2, 0.25) is 0 Å². The van der Waals surface area contributed by atoms with Crippen molar-refractivity contribution in [1.29, 1.82) is 0 Å². The van der Waals surface area contributed by atoms with Gasteiger partial charge in [-0.15, -0.1) is 21.8 Å². The topological polar surface area (TPSA) is 41.9 Å². The molecule has 2 heterocycles. The van der Waals surface area contributed by atoms with E-state index in [4.69, 9.17) is 11.6 Å². The third-order valence-corrected chi connectivity index (χ3v) is 4.18. The maximum atomic E-state index is 6.17. The summed E-state index contributed by atoms with van der Waals surface area (Å²) in [6.45, 7) is 4.00. The van der Waals surface area contributed by atoms with E-state index < -0.39 is 0 Å². The summed E-state index contributed by atoms with van der Waals surface area (Å²) < 4.78 is 0. The van der Waals surface area contributed by atoms with Crippen molar-refractivity contribution in [2.24, 2.45) is 5.92 Å². The number of para-hydroxylation sites is 1. The van der Waals surface area contributed by atoms with E-state index in [1.165, 1.54) is 0 Å². The predicted molar refractivity (Wildman–Crippen MR) is 77.6 cm³/mol. The lowest BCUT2D eigenvalue weighted by molar-refractivity contribution is 0.397. The first-order valence-corrected chi connectivity index (χ1v) is 7.16. The second-order valence-corrected chi connectivity index (χ2v) is 5.79. The van der Waals surface area contributed by atoms with Gasteiger partial charge in [0.2, 0.25) is 5.95 Å². The molecule has 4 nitrogen and oxygen atoms in total. The molecule has 1 aromatic carbocycles. The zero-order valence-electron chi connectivity index (χ0n) is 11.0. The van der Waals surface area contributed by atoms with Gasteiger partial charge in [0.1, 0.15) is 5.52 Å². The van der Waals surface area contributed by atoms with Crippen molar-refractivity contribution < 1.29 is 0 Å². The van der Waals surface area contributed by atoms with Gasteiger partial charge < -0.3 is 4.90 Å². The van der Waals surface area contributed by atoms with Crippen LogP contribution >= 0.6 is 11.6 Å². The third kappa shape index (κ3) is 2.63. The highest BCUT2D eigenvalue weighted by Crippen LogP contribution is 2.25. The van der Waals surface area contributed by atoms with Crippen LogP contribution in [-0.4, -0.2) is 33.6 Å². The molecule has 0 N–H and O–H groups in total. The first-order chi connectivity index (χ1) is 9.24. The van der Waals surface area contributed by atoms with Gasteiger partial charge in [-0.1, -0.05) is 12.1 Å². The largest absolute Gasteiger partial charge is 0.339 e. The predicted octanol–water partition coefficient (Wildman–Crippen LogP) is 2.87. The van der Waals surface area contributed by atoms with Crippen LogP contribution in [0, 0.1) is 5.92 Å². The van der Waals surface area contributed by atoms with Crippen molar-refractivity contribution in [3.8, 4) is 0 Å². The van der Waals surface area contributed by atoms with Gasteiger partial charge in [-0.3, -0.25) is 0 Å². The molecule has 1 aromatic heterocycles. The van der Waals surface area contributed by atoms with Gasteiger partial charge in [-0.2, -0.15) is 0 Å². The molecule has 0 radical (unpaired) electrons. The zero-order valence-corrected chi connectivity index (χ0v) is 11.7. The number of piperidine rings is 1. The first kappa shape index (κ1) is 12.6. The summed E-state index contributed by atoms with van der Waals surface area (Å²) in [5.74, 6) is 1.34. The molecule has 1 fully saturated rings. The summed E-state index contributed by atoms with van der Waals surface area (Å²) in [5.41, 5.74) is 1.75. The maximum Gasteiger partial charge on any atom is 0.245 e. The van der Waals surface area contributed by atoms with Crippen LogP contribution in [0.3, 0.4) is 0 Å². The fourth-order valence-electron chi connectivity index (χ4n) is 2.56. The minimum Gasteiger partial charge on any atom is -0.339 e. The van der Waals surface area contributed by atoms with Crippen molar-refractivity contribution in [1.82, 2.24) is 15.2 Å². The van der Waals surface area contributed by atoms with Crippen molar-refractivity contribution >= 4 is 28.6 Å². The molecule has 19 heavy (non-hydrogen) atoms. The van der Waals surface area contributed by atoms with Crippen molar-refractivity contribution in [3.05, 3.63) is 24.3 Å². The van der Waals surface area contributed by atoms with Crippen molar-refractivity contribution in [3.63, 3.8) is 0 Å². The number of alkyl halides is 1. The summed E-state index contributed by atoms with van der Waals surface area (Å²) in [6.07, 6.45) is 2.20. The Labute approximate surface area is 117 Å². The lowest BCUT2D eigenvalue weighted by atomic mass is 9.94. The Kier molecular flexibility index (Phi) is 3.51. The Morgan fingerprint density at radius 1 is 1.16 bits per heavy atom. The van der Waals surface area contributed by atoms with Crippen LogP contribution in [0.4, 0.5) is 5.95 Å². The van der Waals surface area contributed by atoms with Gasteiger partial charge >= 0.3 is 0 Å². The lowest BCUT2D eigenvalue weighted by Crippen LogP contribution is -2.37. The number of aromatic nitrogens is 3. The summed E-state index contributed by atoms with van der Waals surface area (Å²) in [5, 5.41) is 8.71. The Morgan fingerprint density at radius 3 is 2.53 bits per heavy atom. The van der Waals surface area contributed by atoms with Crippen LogP contribution in [-0.2, 0) is 0 Å². The van der Waals surface area contributed by atoms with Crippen molar-refractivity contribution in [2.75, 3.05) is 18.0 Å². The Morgan fingerprint density at radius 2 is 1.84 bits per heavy atom. The van der Waals surface area contributed by atoms with Gasteiger partial charge in [-0.05, 0) is 37.8 Å². The smallest absolute Gasteiger partial charge is 0.245 e. The van der Waals surface area contributed by atoms with Crippen LogP contribution in [0.15, 0.2) is 24.3 Å². The van der Waals surface area contributed by atoms with E-state index in [1.807, 2.05) is 24.3 Å². The summed E-state index contributed by atoms with van der Waals surface area (Å²) in [6, 6.07) is 7.83. The lowest BCUT2D eigenvalue weighted by Gasteiger charge is -2.32. The number of fused-ring (bicyclic) bond motifs is 1. The second kappa shape index (κ2) is 5.29. The monoisotopic (exact) mass is 276 g/mol. The fourth-order valence-corrected chi connectivity index (χ4v) is 2.82. The van der Waals surface area contributed by atoms with E-state index in [0.29, 0.717) is 5.92 Å². The summed E-state index contributed by atoms with van der Waals surface area (Å²) >= 11 is 6.17. The van der Waals surface area contributed by atoms with E-state index in [-0.39, 0.29) is 5.38 Å². The minimum atomic E-state index is 0.248. The standard InChI is InChI=1S/C14H17ClN4/c1-10(15)11-6-8-19(9-7-11)14-16-12-4-2-3-5-13(12)17-18-14/h2-5,10-11H,6-9H2,1H3. The molecule has 0 aliphatic carbocycles. The molecule has 1 aliphatic rings. The molecule has 0 bridgehead atoms. The normalized spacial score (nSPS) is 18.7. The number of anilines is 1. The van der Waals surface area contributed by atoms with E-state index in [2.05, 4.69) is 27.0 Å². The highest BCUT2D eigenvalue weighted by molar-refractivity contribution is 6.20. The molecule has 0 spiro atoms. The number of halogens is 1. The van der Waals surface area contributed by atoms with E-state index in [1.54, 1.807) is 0 Å². The molecule has 100 valence electrons. The molecular formula is C14H17ClN4. The van der Waals surface area contributed by atoms with Gasteiger partial charge in [-0.25, -0.2) is 4.98 Å². The highest BCUT2D eigenvalue weighted by Gasteiger charge is 2.24. The molecule has 0 amide bonds. The Balaban J connectivity index is 1.78. The van der Waals surface area contributed by atoms with Gasteiger partial charge in [0, 0.05) is 18.5 Å². The third-order valence-electron chi connectivity index (χ3n) is 3.82. The Hall–Kier alpha value is -1.42. The number of nitrogens with zero attached hydrogens (tertiary/aromatic N) is 4. The molecule has 5 heteroatoms. The van der Waals surface area contributed by atoms with Crippen LogP contribution in [0.25, 0.3) is 11.0 Å². The van der Waals surface area contributed by atoms with E-state index in [9.17, 15) is 0 Å². The molecule has 3 rings (SSSR count).